The first kappa shape index (κ1) is 22.1. The van der Waals surface area contributed by atoms with Crippen LogP contribution in [0.3, 0.4) is 0 Å². The number of hydrogen-bond donors (Lipinski definition) is 0. The first-order valence-corrected chi connectivity index (χ1v) is 10.7. The van der Waals surface area contributed by atoms with Crippen molar-refractivity contribution >= 4 is 16.9 Å². The molecule has 0 aliphatic carbocycles. The van der Waals surface area contributed by atoms with Gasteiger partial charge in [0.2, 0.25) is 0 Å². The normalized spacial score (nSPS) is 16.2. The Hall–Kier alpha value is -3.75. The van der Waals surface area contributed by atoms with E-state index in [-0.39, 0.29) is 11.3 Å². The van der Waals surface area contributed by atoms with Crippen molar-refractivity contribution in [3.8, 4) is 28.0 Å². The van der Waals surface area contributed by atoms with Crippen LogP contribution in [0.15, 0.2) is 53.4 Å². The van der Waals surface area contributed by atoms with Crippen LogP contribution in [-0.2, 0) is 13.5 Å². The van der Waals surface area contributed by atoms with E-state index in [1.165, 1.54) is 7.11 Å². The average Bonchev–Trinajstić information content (AvgIpc) is 3.40. The molecule has 9 heteroatoms. The van der Waals surface area contributed by atoms with E-state index in [4.69, 9.17) is 9.15 Å². The molecule has 0 fully saturated rings. The minimum Gasteiger partial charge on any atom is -0.496 e. The fourth-order valence-electron chi connectivity index (χ4n) is 4.59. The number of carbonyl (C=O) groups excluding carboxylic acids is 1. The van der Waals surface area contributed by atoms with E-state index in [0.717, 1.165) is 32.5 Å². The Balaban J connectivity index is 1.56. The van der Waals surface area contributed by atoms with E-state index in [2.05, 4.69) is 5.10 Å². The minimum absolute atomic E-state index is 0.181. The van der Waals surface area contributed by atoms with Gasteiger partial charge in [-0.2, -0.15) is 18.3 Å². The average molecular weight is 469 g/mol. The second kappa shape index (κ2) is 7.93. The zero-order chi connectivity index (χ0) is 24.2. The number of rotatable bonds is 4. The van der Waals surface area contributed by atoms with Crippen molar-refractivity contribution in [2.75, 3.05) is 13.7 Å². The molecule has 6 nitrogen and oxygen atoms in total. The molecule has 34 heavy (non-hydrogen) atoms. The topological polar surface area (TPSA) is 60.5 Å². The van der Waals surface area contributed by atoms with Crippen LogP contribution in [0.1, 0.15) is 22.8 Å². The van der Waals surface area contributed by atoms with Gasteiger partial charge in [-0.3, -0.25) is 9.48 Å². The van der Waals surface area contributed by atoms with Crippen LogP contribution in [0.4, 0.5) is 13.2 Å². The Morgan fingerprint density at radius 3 is 2.65 bits per heavy atom. The van der Waals surface area contributed by atoms with Gasteiger partial charge in [-0.05, 0) is 54.3 Å². The predicted molar refractivity (Wildman–Crippen MR) is 121 cm³/mol. The summed E-state index contributed by atoms with van der Waals surface area (Å²) in [4.78, 5) is 13.8. The maximum atomic E-state index is 13.0. The summed E-state index contributed by atoms with van der Waals surface area (Å²) in [6.45, 7) is 0.335. The highest BCUT2D eigenvalue weighted by Gasteiger charge is 2.40. The van der Waals surface area contributed by atoms with Crippen LogP contribution in [0.5, 0.6) is 5.75 Å². The highest BCUT2D eigenvalue weighted by Crippen LogP contribution is 2.39. The van der Waals surface area contributed by atoms with E-state index in [1.807, 2.05) is 37.5 Å². The third kappa shape index (κ3) is 3.81. The highest BCUT2D eigenvalue weighted by atomic mass is 19.4. The molecule has 0 N–H and O–H groups in total. The van der Waals surface area contributed by atoms with Crippen molar-refractivity contribution in [3.05, 3.63) is 60.1 Å². The van der Waals surface area contributed by atoms with Crippen LogP contribution in [-0.4, -0.2) is 46.5 Å². The van der Waals surface area contributed by atoms with Crippen LogP contribution in [0.25, 0.3) is 33.2 Å². The third-order valence-corrected chi connectivity index (χ3v) is 6.20. The number of ether oxygens (including phenoxy) is 1. The second-order valence-electron chi connectivity index (χ2n) is 8.58. The van der Waals surface area contributed by atoms with Gasteiger partial charge >= 0.3 is 6.18 Å². The van der Waals surface area contributed by atoms with E-state index < -0.39 is 24.7 Å². The molecule has 176 valence electrons. The molecule has 0 saturated carbocycles. The molecule has 5 rings (SSSR count). The van der Waals surface area contributed by atoms with Gasteiger partial charge < -0.3 is 14.1 Å². The van der Waals surface area contributed by atoms with Gasteiger partial charge in [-0.1, -0.05) is 6.07 Å². The van der Waals surface area contributed by atoms with Crippen LogP contribution in [0.2, 0.25) is 0 Å². The lowest BCUT2D eigenvalue weighted by atomic mass is 9.89. The molecular weight excluding hydrogens is 447 g/mol. The SMILES string of the molecule is COc1cc(-c2coc3cc(-c4cnn(C)c4)ccc23)cc2c1C(=O)N(CC(F)(F)F)C(C)C2. The fourth-order valence-corrected chi connectivity index (χ4v) is 4.59. The summed E-state index contributed by atoms with van der Waals surface area (Å²) in [5.74, 6) is -0.425. The molecule has 0 spiro atoms. The van der Waals surface area contributed by atoms with Gasteiger partial charge in [0.05, 0.1) is 25.1 Å². The molecule has 1 amide bonds. The molecule has 0 bridgehead atoms. The number of amides is 1. The lowest BCUT2D eigenvalue weighted by molar-refractivity contribution is -0.144. The number of alkyl halides is 3. The Bertz CT molecular complexity index is 1400. The van der Waals surface area contributed by atoms with E-state index in [9.17, 15) is 18.0 Å². The fraction of sp³-hybridized carbons (Fsp3) is 0.280. The quantitative estimate of drug-likeness (QED) is 0.398. The molecule has 0 saturated heterocycles. The summed E-state index contributed by atoms with van der Waals surface area (Å²) in [7, 11) is 3.26. The van der Waals surface area contributed by atoms with Crippen LogP contribution in [0, 0.1) is 0 Å². The summed E-state index contributed by atoms with van der Waals surface area (Å²) in [6, 6.07) is 8.81. The lowest BCUT2D eigenvalue weighted by Crippen LogP contribution is -2.48. The number of aryl methyl sites for hydroxylation is 1. The van der Waals surface area contributed by atoms with Gasteiger partial charge in [0, 0.05) is 35.8 Å². The molecule has 3 heterocycles. The first-order valence-electron chi connectivity index (χ1n) is 10.7. The van der Waals surface area contributed by atoms with Gasteiger partial charge in [0.15, 0.2) is 0 Å². The Labute approximate surface area is 193 Å². The van der Waals surface area contributed by atoms with Crippen molar-refractivity contribution in [1.82, 2.24) is 14.7 Å². The Morgan fingerprint density at radius 1 is 1.18 bits per heavy atom. The molecule has 1 unspecified atom stereocenters. The van der Waals surface area contributed by atoms with Crippen molar-refractivity contribution < 1.29 is 27.1 Å². The van der Waals surface area contributed by atoms with E-state index in [0.29, 0.717) is 17.6 Å². The smallest absolute Gasteiger partial charge is 0.406 e. The summed E-state index contributed by atoms with van der Waals surface area (Å²) >= 11 is 0. The molecule has 0 radical (unpaired) electrons. The zero-order valence-corrected chi connectivity index (χ0v) is 18.8. The van der Waals surface area contributed by atoms with Crippen molar-refractivity contribution in [2.24, 2.45) is 7.05 Å². The molecule has 2 aromatic heterocycles. The maximum Gasteiger partial charge on any atom is 0.406 e. The summed E-state index contributed by atoms with van der Waals surface area (Å²) in [5.41, 5.74) is 5.04. The van der Waals surface area contributed by atoms with Crippen molar-refractivity contribution in [2.45, 2.75) is 25.6 Å². The minimum atomic E-state index is -4.47. The van der Waals surface area contributed by atoms with E-state index >= 15 is 0 Å². The molecule has 1 aliphatic rings. The number of halogens is 3. The van der Waals surface area contributed by atoms with Crippen molar-refractivity contribution in [3.63, 3.8) is 0 Å². The molecule has 2 aromatic carbocycles. The van der Waals surface area contributed by atoms with Crippen LogP contribution < -0.4 is 4.74 Å². The second-order valence-corrected chi connectivity index (χ2v) is 8.58. The number of nitrogens with zero attached hydrogens (tertiary/aromatic N) is 3. The zero-order valence-electron chi connectivity index (χ0n) is 18.8. The highest BCUT2D eigenvalue weighted by molar-refractivity contribution is 6.02. The number of furan rings is 1. The van der Waals surface area contributed by atoms with Crippen LogP contribution >= 0.6 is 0 Å². The predicted octanol–water partition coefficient (Wildman–Crippen LogP) is 5.46. The maximum absolute atomic E-state index is 13.0. The summed E-state index contributed by atoms with van der Waals surface area (Å²) in [5, 5.41) is 5.08. The number of methoxy groups -OCH3 is 1. The molecule has 1 aliphatic heterocycles. The Morgan fingerprint density at radius 2 is 1.97 bits per heavy atom. The van der Waals surface area contributed by atoms with E-state index in [1.54, 1.807) is 30.1 Å². The molecule has 4 aromatic rings. The van der Waals surface area contributed by atoms with Gasteiger partial charge in [0.25, 0.3) is 5.91 Å². The number of aromatic nitrogens is 2. The van der Waals surface area contributed by atoms with Gasteiger partial charge in [-0.25, -0.2) is 0 Å². The third-order valence-electron chi connectivity index (χ3n) is 6.20. The monoisotopic (exact) mass is 469 g/mol. The number of hydrogen-bond acceptors (Lipinski definition) is 4. The van der Waals surface area contributed by atoms with Gasteiger partial charge in [0.1, 0.15) is 17.9 Å². The number of fused-ring (bicyclic) bond motifs is 2. The lowest BCUT2D eigenvalue weighted by Gasteiger charge is -2.35. The number of benzene rings is 2. The number of carbonyl (C=O) groups is 1. The first-order chi connectivity index (χ1) is 16.1. The standard InChI is InChI=1S/C25H22F3N3O3/c1-14-6-17-7-16(9-22(33-3)23(17)24(32)31(14)13-25(26,27)28)20-12-34-21-8-15(4-5-19(20)21)18-10-29-30(2)11-18/h4-5,7-12,14H,6,13H2,1-3H3. The Kier molecular flexibility index (Phi) is 5.15. The van der Waals surface area contributed by atoms with Gasteiger partial charge in [-0.15, -0.1) is 0 Å². The summed E-state index contributed by atoms with van der Waals surface area (Å²) < 4.78 is 52.1. The summed E-state index contributed by atoms with van der Waals surface area (Å²) in [6.07, 6.45) is 1.16. The van der Waals surface area contributed by atoms with Crippen molar-refractivity contribution in [1.29, 1.82) is 0 Å². The molecular formula is C25H22F3N3O3. The molecule has 1 atom stereocenters. The largest absolute Gasteiger partial charge is 0.496 e.